The van der Waals surface area contributed by atoms with Gasteiger partial charge in [0.15, 0.2) is 0 Å². The van der Waals surface area contributed by atoms with Crippen LogP contribution in [-0.4, -0.2) is 18.1 Å². The minimum atomic E-state index is 0.731. The number of hydrogen-bond acceptors (Lipinski definition) is 3. The maximum atomic E-state index is 5.69. The first-order valence-electron chi connectivity index (χ1n) is 5.99. The summed E-state index contributed by atoms with van der Waals surface area (Å²) < 4.78 is 5.69. The van der Waals surface area contributed by atoms with Crippen molar-refractivity contribution in [3.05, 3.63) is 22.9 Å². The van der Waals surface area contributed by atoms with Crippen LogP contribution >= 0.6 is 0 Å². The summed E-state index contributed by atoms with van der Waals surface area (Å²) in [5, 5.41) is 3.32. The van der Waals surface area contributed by atoms with Gasteiger partial charge >= 0.3 is 0 Å². The third-order valence-electron chi connectivity index (χ3n) is 2.43. The van der Waals surface area contributed by atoms with Crippen LogP contribution in [0.4, 0.5) is 0 Å². The van der Waals surface area contributed by atoms with Crippen LogP contribution in [0.15, 0.2) is 6.07 Å². The van der Waals surface area contributed by atoms with E-state index in [2.05, 4.69) is 37.1 Å². The van der Waals surface area contributed by atoms with Gasteiger partial charge in [0, 0.05) is 17.8 Å². The van der Waals surface area contributed by atoms with Crippen LogP contribution in [0.25, 0.3) is 0 Å². The number of pyridine rings is 1. The molecule has 0 aliphatic rings. The van der Waals surface area contributed by atoms with Crippen molar-refractivity contribution in [1.82, 2.24) is 10.3 Å². The molecule has 0 aliphatic carbocycles. The molecule has 0 radical (unpaired) electrons. The molecule has 0 bridgehead atoms. The molecular formula is C13H22N2O. The molecule has 16 heavy (non-hydrogen) atoms. The Morgan fingerprint density at radius 2 is 2.06 bits per heavy atom. The Balaban J connectivity index is 2.91. The first-order chi connectivity index (χ1) is 7.69. The first kappa shape index (κ1) is 13.0. The fourth-order valence-electron chi connectivity index (χ4n) is 1.61. The fourth-order valence-corrected chi connectivity index (χ4v) is 1.61. The van der Waals surface area contributed by atoms with Gasteiger partial charge < -0.3 is 10.1 Å². The Morgan fingerprint density at radius 3 is 2.69 bits per heavy atom. The van der Waals surface area contributed by atoms with Crippen LogP contribution in [0.2, 0.25) is 0 Å². The second-order valence-electron chi connectivity index (χ2n) is 3.99. The number of rotatable bonds is 6. The van der Waals surface area contributed by atoms with Crippen LogP contribution in [-0.2, 0) is 6.54 Å². The predicted molar refractivity (Wildman–Crippen MR) is 66.9 cm³/mol. The van der Waals surface area contributed by atoms with E-state index in [0.29, 0.717) is 0 Å². The van der Waals surface area contributed by atoms with Crippen LogP contribution in [0.1, 0.15) is 37.1 Å². The normalized spacial score (nSPS) is 10.5. The molecule has 3 nitrogen and oxygen atoms in total. The van der Waals surface area contributed by atoms with E-state index in [1.807, 2.05) is 6.92 Å². The van der Waals surface area contributed by atoms with E-state index in [-0.39, 0.29) is 0 Å². The molecule has 1 aromatic heterocycles. The topological polar surface area (TPSA) is 34.1 Å². The van der Waals surface area contributed by atoms with Crippen LogP contribution < -0.4 is 10.1 Å². The van der Waals surface area contributed by atoms with Crippen molar-refractivity contribution in [1.29, 1.82) is 0 Å². The van der Waals surface area contributed by atoms with E-state index < -0.39 is 0 Å². The zero-order chi connectivity index (χ0) is 12.0. The molecule has 0 aromatic carbocycles. The molecule has 1 rings (SSSR count). The van der Waals surface area contributed by atoms with E-state index >= 15 is 0 Å². The van der Waals surface area contributed by atoms with E-state index in [1.165, 1.54) is 11.1 Å². The lowest BCUT2D eigenvalue weighted by atomic mass is 10.1. The van der Waals surface area contributed by atoms with Crippen LogP contribution in [0.5, 0.6) is 5.88 Å². The van der Waals surface area contributed by atoms with Crippen LogP contribution in [0, 0.1) is 13.8 Å². The number of ether oxygens (including phenoxy) is 1. The number of nitrogens with zero attached hydrogens (tertiary/aromatic N) is 1. The molecule has 3 heteroatoms. The monoisotopic (exact) mass is 222 g/mol. The second-order valence-corrected chi connectivity index (χ2v) is 3.99. The highest BCUT2D eigenvalue weighted by atomic mass is 16.5. The van der Waals surface area contributed by atoms with E-state index in [1.54, 1.807) is 0 Å². The van der Waals surface area contributed by atoms with Crippen molar-refractivity contribution in [2.75, 3.05) is 13.2 Å². The van der Waals surface area contributed by atoms with Gasteiger partial charge in [0.1, 0.15) is 0 Å². The smallest absolute Gasteiger partial charge is 0.218 e. The molecule has 0 spiro atoms. The number of aromatic nitrogens is 1. The fraction of sp³-hybridized carbons (Fsp3) is 0.615. The molecule has 0 atom stereocenters. The Labute approximate surface area is 98.2 Å². The average molecular weight is 222 g/mol. The molecule has 90 valence electrons. The Kier molecular flexibility index (Phi) is 5.26. The van der Waals surface area contributed by atoms with Gasteiger partial charge in [0.25, 0.3) is 0 Å². The van der Waals surface area contributed by atoms with Gasteiger partial charge in [-0.3, -0.25) is 0 Å². The van der Waals surface area contributed by atoms with E-state index in [0.717, 1.165) is 37.7 Å². The molecule has 0 fully saturated rings. The van der Waals surface area contributed by atoms with Crippen molar-refractivity contribution in [2.45, 2.75) is 40.7 Å². The highest BCUT2D eigenvalue weighted by molar-refractivity contribution is 5.35. The lowest BCUT2D eigenvalue weighted by molar-refractivity contribution is 0.300. The van der Waals surface area contributed by atoms with Gasteiger partial charge in [-0.25, -0.2) is 4.98 Å². The Hall–Kier alpha value is -1.09. The SMILES string of the molecule is CCCOc1nc(C)cc(C)c1CNCC. The predicted octanol–water partition coefficient (Wildman–Crippen LogP) is 2.60. The minimum Gasteiger partial charge on any atom is -0.477 e. The summed E-state index contributed by atoms with van der Waals surface area (Å²) in [5.74, 6) is 0.792. The molecule has 0 aliphatic heterocycles. The summed E-state index contributed by atoms with van der Waals surface area (Å²) in [4.78, 5) is 4.46. The standard InChI is InChI=1S/C13H22N2O/c1-5-7-16-13-12(9-14-6-2)10(3)8-11(4)15-13/h8,14H,5-7,9H2,1-4H3. The minimum absolute atomic E-state index is 0.731. The summed E-state index contributed by atoms with van der Waals surface area (Å²) in [6.45, 7) is 10.8. The highest BCUT2D eigenvalue weighted by Crippen LogP contribution is 2.20. The van der Waals surface area contributed by atoms with E-state index in [4.69, 9.17) is 4.74 Å². The quantitative estimate of drug-likeness (QED) is 0.803. The summed E-state index contributed by atoms with van der Waals surface area (Å²) in [6.07, 6.45) is 1.01. The third kappa shape index (κ3) is 3.49. The molecule has 1 aromatic rings. The molecule has 0 unspecified atom stereocenters. The van der Waals surface area contributed by atoms with Crippen molar-refractivity contribution < 1.29 is 4.74 Å². The molecule has 1 heterocycles. The Bertz CT molecular complexity index is 337. The highest BCUT2D eigenvalue weighted by Gasteiger charge is 2.09. The maximum absolute atomic E-state index is 5.69. The summed E-state index contributed by atoms with van der Waals surface area (Å²) >= 11 is 0. The van der Waals surface area contributed by atoms with Gasteiger partial charge in [-0.2, -0.15) is 0 Å². The zero-order valence-electron chi connectivity index (χ0n) is 10.8. The van der Waals surface area contributed by atoms with Crippen molar-refractivity contribution >= 4 is 0 Å². The summed E-state index contributed by atoms with van der Waals surface area (Å²) in [6, 6.07) is 2.10. The first-order valence-corrected chi connectivity index (χ1v) is 5.99. The molecule has 1 N–H and O–H groups in total. The van der Waals surface area contributed by atoms with Gasteiger partial charge in [0.2, 0.25) is 5.88 Å². The van der Waals surface area contributed by atoms with Crippen molar-refractivity contribution in [3.8, 4) is 5.88 Å². The summed E-state index contributed by atoms with van der Waals surface area (Å²) in [7, 11) is 0. The molecular weight excluding hydrogens is 200 g/mol. The zero-order valence-corrected chi connectivity index (χ0v) is 10.8. The molecule has 0 amide bonds. The average Bonchev–Trinajstić information content (AvgIpc) is 2.24. The molecule has 0 saturated heterocycles. The van der Waals surface area contributed by atoms with E-state index in [9.17, 15) is 0 Å². The lowest BCUT2D eigenvalue weighted by Gasteiger charge is -2.13. The van der Waals surface area contributed by atoms with Gasteiger partial charge in [-0.15, -0.1) is 0 Å². The van der Waals surface area contributed by atoms with Gasteiger partial charge in [-0.05, 0) is 38.4 Å². The number of aryl methyl sites for hydroxylation is 2. The second kappa shape index (κ2) is 6.48. The van der Waals surface area contributed by atoms with Crippen molar-refractivity contribution in [2.24, 2.45) is 0 Å². The number of nitrogens with one attached hydrogen (secondary N) is 1. The lowest BCUT2D eigenvalue weighted by Crippen LogP contribution is -2.15. The van der Waals surface area contributed by atoms with Crippen molar-refractivity contribution in [3.63, 3.8) is 0 Å². The third-order valence-corrected chi connectivity index (χ3v) is 2.43. The molecule has 0 saturated carbocycles. The Morgan fingerprint density at radius 1 is 1.31 bits per heavy atom. The number of hydrogen-bond donors (Lipinski definition) is 1. The van der Waals surface area contributed by atoms with Gasteiger partial charge in [0.05, 0.1) is 6.61 Å². The summed E-state index contributed by atoms with van der Waals surface area (Å²) in [5.41, 5.74) is 3.45. The van der Waals surface area contributed by atoms with Gasteiger partial charge in [-0.1, -0.05) is 13.8 Å². The largest absolute Gasteiger partial charge is 0.477 e. The maximum Gasteiger partial charge on any atom is 0.218 e. The van der Waals surface area contributed by atoms with Crippen LogP contribution in [0.3, 0.4) is 0 Å².